The second-order valence-electron chi connectivity index (χ2n) is 6.17. The zero-order valence-electron chi connectivity index (χ0n) is 13.3. The maximum absolute atomic E-state index is 13.8. The van der Waals surface area contributed by atoms with Crippen LogP contribution in [0.5, 0.6) is 11.5 Å². The summed E-state index contributed by atoms with van der Waals surface area (Å²) in [5, 5.41) is 0. The molecule has 132 valence electrons. The van der Waals surface area contributed by atoms with E-state index >= 15 is 0 Å². The fraction of sp³-hybridized carbons (Fsp3) is 0.294. The lowest BCUT2D eigenvalue weighted by atomic mass is 10.2. The Labute approximate surface area is 143 Å². The lowest BCUT2D eigenvalue weighted by Crippen LogP contribution is -2.39. The van der Waals surface area contributed by atoms with Gasteiger partial charge in [-0.3, -0.25) is 0 Å². The van der Waals surface area contributed by atoms with Crippen LogP contribution in [0.1, 0.15) is 0 Å². The summed E-state index contributed by atoms with van der Waals surface area (Å²) in [6.45, 7) is 0.858. The van der Waals surface area contributed by atoms with Gasteiger partial charge in [0.25, 0.3) is 0 Å². The SMILES string of the molecule is CS(=O)(=O)c1ccc(N2C[C@@H]3Oc4c(F)ccc(F)c4O[C@@H]3C2)cc1. The zero-order chi connectivity index (χ0) is 17.8. The van der Waals surface area contributed by atoms with Crippen LogP contribution in [0.15, 0.2) is 41.3 Å². The van der Waals surface area contributed by atoms with E-state index < -0.39 is 33.7 Å². The molecule has 4 rings (SSSR count). The van der Waals surface area contributed by atoms with Gasteiger partial charge >= 0.3 is 0 Å². The normalized spacial score (nSPS) is 22.0. The van der Waals surface area contributed by atoms with Gasteiger partial charge in [0.05, 0.1) is 18.0 Å². The molecule has 0 amide bonds. The molecule has 0 spiro atoms. The second-order valence-corrected chi connectivity index (χ2v) is 8.19. The fourth-order valence-electron chi connectivity index (χ4n) is 3.12. The van der Waals surface area contributed by atoms with Crippen LogP contribution in [0.4, 0.5) is 14.5 Å². The molecule has 2 aliphatic rings. The summed E-state index contributed by atoms with van der Waals surface area (Å²) in [6, 6.07) is 8.47. The number of sulfone groups is 1. The van der Waals surface area contributed by atoms with Crippen molar-refractivity contribution in [3.8, 4) is 11.5 Å². The average molecular weight is 367 g/mol. The number of nitrogens with zero attached hydrogens (tertiary/aromatic N) is 1. The molecule has 2 atom stereocenters. The van der Waals surface area contributed by atoms with Crippen molar-refractivity contribution in [3.05, 3.63) is 48.0 Å². The minimum atomic E-state index is -3.26. The molecular formula is C17H15F2NO4S. The van der Waals surface area contributed by atoms with Gasteiger partial charge in [0, 0.05) is 11.9 Å². The monoisotopic (exact) mass is 367 g/mol. The van der Waals surface area contributed by atoms with E-state index in [4.69, 9.17) is 9.47 Å². The van der Waals surface area contributed by atoms with Gasteiger partial charge < -0.3 is 14.4 Å². The maximum Gasteiger partial charge on any atom is 0.200 e. The van der Waals surface area contributed by atoms with E-state index in [1.165, 1.54) is 12.1 Å². The molecule has 25 heavy (non-hydrogen) atoms. The number of anilines is 1. The number of rotatable bonds is 2. The highest BCUT2D eigenvalue weighted by Crippen LogP contribution is 2.41. The third-order valence-electron chi connectivity index (χ3n) is 4.40. The van der Waals surface area contributed by atoms with E-state index in [-0.39, 0.29) is 16.4 Å². The molecule has 0 unspecified atom stereocenters. The molecule has 0 bridgehead atoms. The van der Waals surface area contributed by atoms with E-state index in [2.05, 4.69) is 0 Å². The van der Waals surface area contributed by atoms with Crippen molar-refractivity contribution in [3.63, 3.8) is 0 Å². The largest absolute Gasteiger partial charge is 0.478 e. The summed E-state index contributed by atoms with van der Waals surface area (Å²) in [7, 11) is -3.26. The minimum absolute atomic E-state index is 0.199. The Bertz CT molecular complexity index is 891. The standard InChI is InChI=1S/C17H15F2NO4S/c1-25(21,22)11-4-2-10(3-5-11)20-8-14-15(9-20)24-17-13(19)7-6-12(18)16(17)23-14/h2-7,14-15H,8-9H2,1H3/t14-,15+. The van der Waals surface area contributed by atoms with E-state index in [1.54, 1.807) is 12.1 Å². The molecule has 8 heteroatoms. The Balaban J connectivity index is 1.57. The first-order chi connectivity index (χ1) is 11.8. The van der Waals surface area contributed by atoms with Crippen molar-refractivity contribution in [1.82, 2.24) is 0 Å². The third kappa shape index (κ3) is 2.80. The molecule has 0 aromatic heterocycles. The molecule has 2 aromatic rings. The Morgan fingerprint density at radius 1 is 0.920 bits per heavy atom. The summed E-state index contributed by atoms with van der Waals surface area (Å²) in [5.74, 6) is -1.72. The lowest BCUT2D eigenvalue weighted by Gasteiger charge is -2.28. The van der Waals surface area contributed by atoms with Crippen molar-refractivity contribution in [2.75, 3.05) is 24.2 Å². The van der Waals surface area contributed by atoms with Crippen molar-refractivity contribution in [2.24, 2.45) is 0 Å². The summed E-state index contributed by atoms with van der Waals surface area (Å²) >= 11 is 0. The van der Waals surface area contributed by atoms with Crippen LogP contribution in [-0.4, -0.2) is 40.0 Å². The Morgan fingerprint density at radius 2 is 1.40 bits per heavy atom. The van der Waals surface area contributed by atoms with E-state index in [0.717, 1.165) is 24.1 Å². The smallest absolute Gasteiger partial charge is 0.200 e. The van der Waals surface area contributed by atoms with Gasteiger partial charge in [0.15, 0.2) is 33.7 Å². The molecule has 2 aromatic carbocycles. The Kier molecular flexibility index (Phi) is 3.61. The summed E-state index contributed by atoms with van der Waals surface area (Å²) in [6.07, 6.45) is 0.283. The van der Waals surface area contributed by atoms with Gasteiger partial charge in [-0.25, -0.2) is 17.2 Å². The molecule has 1 saturated heterocycles. The molecule has 2 aliphatic heterocycles. The van der Waals surface area contributed by atoms with Gasteiger partial charge in [0.1, 0.15) is 0 Å². The fourth-order valence-corrected chi connectivity index (χ4v) is 3.75. The van der Waals surface area contributed by atoms with Gasteiger partial charge in [-0.05, 0) is 36.4 Å². The molecule has 0 aliphatic carbocycles. The van der Waals surface area contributed by atoms with Crippen LogP contribution in [0.2, 0.25) is 0 Å². The number of hydrogen-bond acceptors (Lipinski definition) is 5. The van der Waals surface area contributed by atoms with Crippen LogP contribution in [0.25, 0.3) is 0 Å². The molecule has 0 radical (unpaired) electrons. The predicted molar refractivity (Wildman–Crippen MR) is 87.0 cm³/mol. The van der Waals surface area contributed by atoms with Crippen LogP contribution in [0.3, 0.4) is 0 Å². The highest BCUT2D eigenvalue weighted by Gasteiger charge is 2.42. The van der Waals surface area contributed by atoms with Crippen LogP contribution >= 0.6 is 0 Å². The zero-order valence-corrected chi connectivity index (χ0v) is 14.1. The topological polar surface area (TPSA) is 55.8 Å². The molecule has 1 fully saturated rings. The number of ether oxygens (including phenoxy) is 2. The summed E-state index contributed by atoms with van der Waals surface area (Å²) in [4.78, 5) is 2.17. The second kappa shape index (κ2) is 5.59. The predicted octanol–water partition coefficient (Wildman–Crippen LogP) is 2.40. The minimum Gasteiger partial charge on any atom is -0.478 e. The quantitative estimate of drug-likeness (QED) is 0.816. The molecule has 0 N–H and O–H groups in total. The number of hydrogen-bond donors (Lipinski definition) is 0. The summed E-state index contributed by atoms with van der Waals surface area (Å²) in [5.41, 5.74) is 0.791. The van der Waals surface area contributed by atoms with E-state index in [0.29, 0.717) is 13.1 Å². The molecule has 5 nitrogen and oxygen atoms in total. The number of fused-ring (bicyclic) bond motifs is 2. The highest BCUT2D eigenvalue weighted by atomic mass is 32.2. The molecule has 2 heterocycles. The Hall–Kier alpha value is -2.35. The third-order valence-corrected chi connectivity index (χ3v) is 5.53. The van der Waals surface area contributed by atoms with Crippen LogP contribution < -0.4 is 14.4 Å². The van der Waals surface area contributed by atoms with Crippen LogP contribution in [-0.2, 0) is 9.84 Å². The van der Waals surface area contributed by atoms with E-state index in [9.17, 15) is 17.2 Å². The number of halogens is 2. The first-order valence-corrected chi connectivity index (χ1v) is 9.58. The molecular weight excluding hydrogens is 352 g/mol. The van der Waals surface area contributed by atoms with Gasteiger partial charge in [-0.2, -0.15) is 0 Å². The van der Waals surface area contributed by atoms with Crippen molar-refractivity contribution >= 4 is 15.5 Å². The average Bonchev–Trinajstić information content (AvgIpc) is 2.99. The van der Waals surface area contributed by atoms with Crippen molar-refractivity contribution < 1.29 is 26.7 Å². The van der Waals surface area contributed by atoms with Crippen LogP contribution in [0, 0.1) is 11.6 Å². The van der Waals surface area contributed by atoms with Crippen molar-refractivity contribution in [2.45, 2.75) is 17.1 Å². The highest BCUT2D eigenvalue weighted by molar-refractivity contribution is 7.90. The van der Waals surface area contributed by atoms with Gasteiger partial charge in [0.2, 0.25) is 11.5 Å². The van der Waals surface area contributed by atoms with Gasteiger partial charge in [-0.15, -0.1) is 0 Å². The molecule has 0 saturated carbocycles. The first kappa shape index (κ1) is 16.1. The first-order valence-electron chi connectivity index (χ1n) is 7.69. The number of benzene rings is 2. The Morgan fingerprint density at radius 3 is 1.84 bits per heavy atom. The van der Waals surface area contributed by atoms with Gasteiger partial charge in [-0.1, -0.05) is 0 Å². The van der Waals surface area contributed by atoms with E-state index in [1.807, 2.05) is 4.90 Å². The maximum atomic E-state index is 13.8. The summed E-state index contributed by atoms with van der Waals surface area (Å²) < 4.78 is 62.0. The van der Waals surface area contributed by atoms with Crippen molar-refractivity contribution in [1.29, 1.82) is 0 Å². The lowest BCUT2D eigenvalue weighted by molar-refractivity contribution is 0.0467.